The van der Waals surface area contributed by atoms with Crippen molar-refractivity contribution in [3.05, 3.63) is 30.5 Å². The van der Waals surface area contributed by atoms with E-state index in [-0.39, 0.29) is 5.82 Å². The monoisotopic (exact) mass is 344 g/mol. The number of imidazole rings is 1. The molecule has 0 aromatic carbocycles. The molecule has 0 unspecified atom stereocenters. The molecule has 3 aromatic rings. The van der Waals surface area contributed by atoms with Crippen LogP contribution in [0.3, 0.4) is 0 Å². The van der Waals surface area contributed by atoms with Crippen LogP contribution >= 0.6 is 0 Å². The smallest absolute Gasteiger partial charge is 0.165 e. The number of likely N-dealkylation sites (N-methyl/N-ethyl adjacent to an activating group) is 1. The number of rotatable bonds is 5. The van der Waals surface area contributed by atoms with Crippen molar-refractivity contribution in [1.82, 2.24) is 24.1 Å². The highest BCUT2D eigenvalue weighted by molar-refractivity contribution is 5.68. The van der Waals surface area contributed by atoms with Crippen LogP contribution in [0.1, 0.15) is 13.3 Å². The first-order valence-corrected chi connectivity index (χ1v) is 8.39. The second kappa shape index (κ2) is 6.03. The number of nitrogens with zero attached hydrogens (tertiary/aromatic N) is 5. The molecule has 1 fully saturated rings. The number of hydrogen-bond donors (Lipinski definition) is 1. The minimum absolute atomic E-state index is 0.350. The van der Waals surface area contributed by atoms with E-state index in [9.17, 15) is 4.39 Å². The fraction of sp³-hybridized carbons (Fsp3) is 0.412. The van der Waals surface area contributed by atoms with E-state index in [4.69, 9.17) is 10.5 Å². The Morgan fingerprint density at radius 1 is 1.40 bits per heavy atom. The molecule has 4 rings (SSSR count). The fourth-order valence-corrected chi connectivity index (χ4v) is 3.32. The zero-order valence-corrected chi connectivity index (χ0v) is 14.3. The fourth-order valence-electron chi connectivity index (χ4n) is 3.32. The summed E-state index contributed by atoms with van der Waals surface area (Å²) in [7, 11) is 1.77. The van der Waals surface area contributed by atoms with E-state index in [2.05, 4.69) is 21.9 Å². The maximum Gasteiger partial charge on any atom is 0.165 e. The molecule has 4 heterocycles. The van der Waals surface area contributed by atoms with Crippen LogP contribution in [-0.2, 0) is 7.05 Å². The lowest BCUT2D eigenvalue weighted by atomic mass is 10.0. The first-order valence-electron chi connectivity index (χ1n) is 8.39. The van der Waals surface area contributed by atoms with Gasteiger partial charge in [0.2, 0.25) is 0 Å². The Hall–Kier alpha value is -2.61. The predicted molar refractivity (Wildman–Crippen MR) is 92.9 cm³/mol. The highest BCUT2D eigenvalue weighted by Crippen LogP contribution is 2.32. The molecule has 1 aliphatic heterocycles. The summed E-state index contributed by atoms with van der Waals surface area (Å²) in [6, 6.07) is 1.78. The Morgan fingerprint density at radius 3 is 2.96 bits per heavy atom. The Bertz CT molecular complexity index is 915. The van der Waals surface area contributed by atoms with Crippen molar-refractivity contribution in [2.24, 2.45) is 7.05 Å². The minimum Gasteiger partial charge on any atom is -0.488 e. The van der Waals surface area contributed by atoms with Gasteiger partial charge < -0.3 is 14.9 Å². The van der Waals surface area contributed by atoms with Crippen LogP contribution in [0.4, 0.5) is 10.2 Å². The summed E-state index contributed by atoms with van der Waals surface area (Å²) in [6.45, 7) is 4.84. The Kier molecular flexibility index (Phi) is 3.84. The van der Waals surface area contributed by atoms with E-state index >= 15 is 0 Å². The molecule has 0 amide bonds. The zero-order valence-electron chi connectivity index (χ0n) is 14.3. The Labute approximate surface area is 144 Å². The molecule has 0 aliphatic carbocycles. The number of aryl methyl sites for hydroxylation is 1. The summed E-state index contributed by atoms with van der Waals surface area (Å²) in [4.78, 5) is 6.44. The molecule has 8 heteroatoms. The molecule has 0 saturated carbocycles. The second-order valence-electron chi connectivity index (χ2n) is 6.33. The molecule has 2 N–H and O–H groups in total. The molecule has 3 aromatic heterocycles. The van der Waals surface area contributed by atoms with E-state index in [0.717, 1.165) is 19.5 Å². The van der Waals surface area contributed by atoms with Gasteiger partial charge in [-0.25, -0.2) is 9.37 Å². The first-order chi connectivity index (χ1) is 12.1. The van der Waals surface area contributed by atoms with Gasteiger partial charge >= 0.3 is 0 Å². The number of ether oxygens (including phenoxy) is 1. The number of aromatic nitrogens is 4. The van der Waals surface area contributed by atoms with E-state index < -0.39 is 0 Å². The highest BCUT2D eigenvalue weighted by atomic mass is 19.1. The van der Waals surface area contributed by atoms with Crippen molar-refractivity contribution in [1.29, 1.82) is 0 Å². The largest absolute Gasteiger partial charge is 0.488 e. The van der Waals surface area contributed by atoms with Crippen LogP contribution in [0, 0.1) is 5.82 Å². The van der Waals surface area contributed by atoms with Crippen LogP contribution in [-0.4, -0.2) is 49.8 Å². The number of nitrogens with two attached hydrogens (primary N) is 1. The lowest BCUT2D eigenvalue weighted by Gasteiger charge is -2.39. The molecule has 1 saturated heterocycles. The van der Waals surface area contributed by atoms with Gasteiger partial charge in [0.25, 0.3) is 0 Å². The molecule has 0 bridgehead atoms. The van der Waals surface area contributed by atoms with E-state index in [1.807, 2.05) is 0 Å². The van der Waals surface area contributed by atoms with E-state index in [1.54, 1.807) is 34.7 Å². The quantitative estimate of drug-likeness (QED) is 0.766. The summed E-state index contributed by atoms with van der Waals surface area (Å²) in [5.74, 6) is 0.546. The van der Waals surface area contributed by atoms with E-state index in [1.165, 1.54) is 6.07 Å². The molecular weight excluding hydrogens is 323 g/mol. The molecule has 1 aliphatic rings. The van der Waals surface area contributed by atoms with Crippen molar-refractivity contribution in [3.63, 3.8) is 0 Å². The van der Waals surface area contributed by atoms with Gasteiger partial charge in [0, 0.05) is 31.9 Å². The SMILES string of the molecule is CCN1CC[C@@H]1COc1cnn(C)c1-c1cn2cc(N)nc2cc1F. The third kappa shape index (κ3) is 2.72. The topological polar surface area (TPSA) is 73.6 Å². The minimum atomic E-state index is -0.384. The highest BCUT2D eigenvalue weighted by Gasteiger charge is 2.27. The molecule has 132 valence electrons. The van der Waals surface area contributed by atoms with Crippen molar-refractivity contribution < 1.29 is 9.13 Å². The number of anilines is 1. The van der Waals surface area contributed by atoms with Gasteiger partial charge in [-0.3, -0.25) is 9.58 Å². The average molecular weight is 344 g/mol. The normalized spacial score (nSPS) is 17.8. The molecule has 0 spiro atoms. The van der Waals surface area contributed by atoms with Gasteiger partial charge in [-0.05, 0) is 13.0 Å². The number of fused-ring (bicyclic) bond motifs is 1. The van der Waals surface area contributed by atoms with Gasteiger partial charge in [0.1, 0.15) is 29.6 Å². The Balaban J connectivity index is 1.66. The lowest BCUT2D eigenvalue weighted by molar-refractivity contribution is 0.0562. The van der Waals surface area contributed by atoms with Gasteiger partial charge in [-0.2, -0.15) is 5.10 Å². The predicted octanol–water partition coefficient (Wildman–Crippen LogP) is 1.93. The molecule has 0 radical (unpaired) electrons. The van der Waals surface area contributed by atoms with Crippen molar-refractivity contribution >= 4 is 11.5 Å². The second-order valence-corrected chi connectivity index (χ2v) is 6.33. The van der Waals surface area contributed by atoms with Gasteiger partial charge in [-0.1, -0.05) is 6.92 Å². The molecule has 7 nitrogen and oxygen atoms in total. The third-order valence-corrected chi connectivity index (χ3v) is 4.82. The van der Waals surface area contributed by atoms with E-state index in [0.29, 0.717) is 41.1 Å². The van der Waals surface area contributed by atoms with Crippen LogP contribution in [0.5, 0.6) is 5.75 Å². The van der Waals surface area contributed by atoms with Gasteiger partial charge in [0.05, 0.1) is 18.0 Å². The van der Waals surface area contributed by atoms with Gasteiger partial charge in [0.15, 0.2) is 5.75 Å². The number of likely N-dealkylation sites (tertiary alicyclic amines) is 1. The summed E-state index contributed by atoms with van der Waals surface area (Å²) in [5.41, 5.74) is 7.17. The summed E-state index contributed by atoms with van der Waals surface area (Å²) in [6.07, 6.45) is 6.08. The van der Waals surface area contributed by atoms with Crippen LogP contribution < -0.4 is 10.5 Å². The number of pyridine rings is 1. The van der Waals surface area contributed by atoms with Crippen LogP contribution in [0.2, 0.25) is 0 Å². The standard InChI is InChI=1S/C17H21FN6O/c1-3-23-5-4-11(23)10-25-14-7-20-22(2)17(14)12-8-24-9-15(19)21-16(24)6-13(12)18/h6-9,11H,3-5,10,19H2,1-2H3/t11-/m1/s1. The molecule has 1 atom stereocenters. The maximum atomic E-state index is 14.6. The summed E-state index contributed by atoms with van der Waals surface area (Å²) >= 11 is 0. The zero-order chi connectivity index (χ0) is 17.6. The van der Waals surface area contributed by atoms with Crippen molar-refractivity contribution in [2.45, 2.75) is 19.4 Å². The van der Waals surface area contributed by atoms with Gasteiger partial charge in [-0.15, -0.1) is 0 Å². The number of halogens is 1. The number of nitrogen functional groups attached to an aromatic ring is 1. The maximum absolute atomic E-state index is 14.6. The first kappa shape index (κ1) is 15.9. The Morgan fingerprint density at radius 2 is 2.24 bits per heavy atom. The average Bonchev–Trinajstić information content (AvgIpc) is 3.08. The number of hydrogen-bond acceptors (Lipinski definition) is 5. The van der Waals surface area contributed by atoms with Crippen LogP contribution in [0.15, 0.2) is 24.7 Å². The molecule has 25 heavy (non-hydrogen) atoms. The lowest BCUT2D eigenvalue weighted by Crippen LogP contribution is -2.50. The summed E-state index contributed by atoms with van der Waals surface area (Å²) < 4.78 is 24.0. The van der Waals surface area contributed by atoms with Crippen molar-refractivity contribution in [3.8, 4) is 17.0 Å². The van der Waals surface area contributed by atoms with Crippen molar-refractivity contribution in [2.75, 3.05) is 25.4 Å². The third-order valence-electron chi connectivity index (χ3n) is 4.82. The molecular formula is C17H21FN6O. The van der Waals surface area contributed by atoms with Crippen LogP contribution in [0.25, 0.3) is 16.9 Å². The summed E-state index contributed by atoms with van der Waals surface area (Å²) in [5, 5.41) is 4.24.